The lowest BCUT2D eigenvalue weighted by molar-refractivity contribution is 0.0932. The largest absolute Gasteiger partial charge is 0.455 e. The molecule has 1 fully saturated rings. The standard InChI is InChI=1S/C23H22Cl2N6O2/c1-14-12-30(10-9-26-14)16-7-5-15(6-8-16)28-23-27-11-17-21(29-23)33-13-31(22(17)32)20-18(24)3-2-4-19(20)25/h2-8,11,14,26H,9-10,12-13H2,1H3,(H,27,28,29). The maximum Gasteiger partial charge on any atom is 0.268 e. The third kappa shape index (κ3) is 4.42. The van der Waals surface area contributed by atoms with Gasteiger partial charge in [-0.05, 0) is 43.3 Å². The summed E-state index contributed by atoms with van der Waals surface area (Å²) in [4.78, 5) is 25.4. The molecule has 8 nitrogen and oxygen atoms in total. The van der Waals surface area contributed by atoms with Gasteiger partial charge in [-0.25, -0.2) is 4.98 Å². The second-order valence-electron chi connectivity index (χ2n) is 7.96. The summed E-state index contributed by atoms with van der Waals surface area (Å²) < 4.78 is 5.74. The summed E-state index contributed by atoms with van der Waals surface area (Å²) in [6.07, 6.45) is 1.44. The molecule has 1 unspecified atom stereocenters. The van der Waals surface area contributed by atoms with Crippen molar-refractivity contribution in [3.8, 4) is 5.88 Å². The number of nitrogens with zero attached hydrogens (tertiary/aromatic N) is 4. The summed E-state index contributed by atoms with van der Waals surface area (Å²) >= 11 is 12.5. The molecule has 1 aromatic heterocycles. The summed E-state index contributed by atoms with van der Waals surface area (Å²) in [5, 5.41) is 7.34. The number of ether oxygens (including phenoxy) is 1. The van der Waals surface area contributed by atoms with Crippen LogP contribution >= 0.6 is 23.2 Å². The summed E-state index contributed by atoms with van der Waals surface area (Å²) in [6, 6.07) is 13.6. The Balaban J connectivity index is 1.31. The molecule has 0 radical (unpaired) electrons. The van der Waals surface area contributed by atoms with E-state index in [1.165, 1.54) is 16.8 Å². The molecule has 1 amide bonds. The minimum atomic E-state index is -0.326. The van der Waals surface area contributed by atoms with Crippen LogP contribution in [0.1, 0.15) is 17.3 Å². The molecule has 33 heavy (non-hydrogen) atoms. The highest BCUT2D eigenvalue weighted by atomic mass is 35.5. The van der Waals surface area contributed by atoms with Crippen molar-refractivity contribution in [3.63, 3.8) is 0 Å². The highest BCUT2D eigenvalue weighted by Crippen LogP contribution is 2.37. The van der Waals surface area contributed by atoms with Gasteiger partial charge in [-0.15, -0.1) is 0 Å². The number of carbonyl (C=O) groups excluding carboxylic acids is 1. The number of nitrogens with one attached hydrogen (secondary N) is 2. The number of benzene rings is 2. The predicted molar refractivity (Wildman–Crippen MR) is 130 cm³/mol. The van der Waals surface area contributed by atoms with Crippen LogP contribution in [0, 0.1) is 0 Å². The highest BCUT2D eigenvalue weighted by Gasteiger charge is 2.31. The first-order valence-electron chi connectivity index (χ1n) is 10.6. The van der Waals surface area contributed by atoms with Gasteiger partial charge in [0, 0.05) is 43.2 Å². The van der Waals surface area contributed by atoms with Gasteiger partial charge in [0.15, 0.2) is 6.73 Å². The van der Waals surface area contributed by atoms with Crippen molar-refractivity contribution in [3.05, 3.63) is 64.3 Å². The van der Waals surface area contributed by atoms with E-state index in [0.717, 1.165) is 25.3 Å². The van der Waals surface area contributed by atoms with Crippen LogP contribution in [0.2, 0.25) is 10.0 Å². The zero-order valence-electron chi connectivity index (χ0n) is 17.9. The molecule has 1 saturated heterocycles. The Morgan fingerprint density at radius 1 is 1.15 bits per heavy atom. The van der Waals surface area contributed by atoms with Gasteiger partial charge >= 0.3 is 0 Å². The quantitative estimate of drug-likeness (QED) is 0.570. The molecule has 5 rings (SSSR count). The van der Waals surface area contributed by atoms with Crippen molar-refractivity contribution < 1.29 is 9.53 Å². The van der Waals surface area contributed by atoms with E-state index < -0.39 is 0 Å². The molecule has 0 saturated carbocycles. The van der Waals surface area contributed by atoms with Crippen molar-refractivity contribution in [1.82, 2.24) is 15.3 Å². The number of fused-ring (bicyclic) bond motifs is 1. The zero-order valence-corrected chi connectivity index (χ0v) is 19.4. The predicted octanol–water partition coefficient (Wildman–Crippen LogP) is 4.32. The van der Waals surface area contributed by atoms with Crippen LogP contribution in [-0.2, 0) is 0 Å². The van der Waals surface area contributed by atoms with E-state index in [-0.39, 0.29) is 24.1 Å². The molecule has 2 aliphatic heterocycles. The van der Waals surface area contributed by atoms with Crippen molar-refractivity contribution in [1.29, 1.82) is 0 Å². The average molecular weight is 485 g/mol. The van der Waals surface area contributed by atoms with Crippen molar-refractivity contribution in [2.24, 2.45) is 0 Å². The molecule has 0 bridgehead atoms. The van der Waals surface area contributed by atoms with E-state index in [0.29, 0.717) is 27.7 Å². The minimum Gasteiger partial charge on any atom is -0.455 e. The van der Waals surface area contributed by atoms with Crippen LogP contribution in [0.4, 0.5) is 23.0 Å². The number of aromatic nitrogens is 2. The lowest BCUT2D eigenvalue weighted by Crippen LogP contribution is -2.49. The van der Waals surface area contributed by atoms with Gasteiger partial charge < -0.3 is 20.3 Å². The molecular weight excluding hydrogens is 463 g/mol. The normalized spacial score (nSPS) is 18.0. The van der Waals surface area contributed by atoms with Gasteiger partial charge in [-0.3, -0.25) is 9.69 Å². The second kappa shape index (κ2) is 9.05. The molecule has 3 heterocycles. The molecule has 1 atom stereocenters. The summed E-state index contributed by atoms with van der Waals surface area (Å²) in [6.45, 7) is 5.06. The molecule has 2 N–H and O–H groups in total. The number of para-hydroxylation sites is 1. The first-order chi connectivity index (χ1) is 16.0. The number of halogens is 2. The van der Waals surface area contributed by atoms with Crippen LogP contribution in [-0.4, -0.2) is 48.3 Å². The number of amides is 1. The van der Waals surface area contributed by atoms with E-state index >= 15 is 0 Å². The summed E-state index contributed by atoms with van der Waals surface area (Å²) in [5.74, 6) is 0.227. The number of rotatable bonds is 4. The number of hydrogen-bond donors (Lipinski definition) is 2. The summed E-state index contributed by atoms with van der Waals surface area (Å²) in [5.41, 5.74) is 2.66. The molecule has 0 spiro atoms. The number of piperazine rings is 1. The van der Waals surface area contributed by atoms with Crippen LogP contribution in [0.15, 0.2) is 48.7 Å². The van der Waals surface area contributed by atoms with Crippen LogP contribution in [0.25, 0.3) is 0 Å². The Morgan fingerprint density at radius 3 is 2.64 bits per heavy atom. The maximum absolute atomic E-state index is 13.0. The SMILES string of the molecule is CC1CN(c2ccc(Nc3ncc4c(n3)OCN(c3c(Cl)cccc3Cl)C4=O)cc2)CCN1. The Kier molecular flexibility index (Phi) is 5.97. The minimum absolute atomic E-state index is 0.0520. The van der Waals surface area contributed by atoms with Gasteiger partial charge in [0.25, 0.3) is 5.91 Å². The van der Waals surface area contributed by atoms with Crippen molar-refractivity contribution >= 4 is 52.1 Å². The molecule has 0 aliphatic carbocycles. The van der Waals surface area contributed by atoms with E-state index in [1.807, 2.05) is 12.1 Å². The topological polar surface area (TPSA) is 82.6 Å². The zero-order chi connectivity index (χ0) is 22.9. The Hall–Kier alpha value is -3.07. The maximum atomic E-state index is 13.0. The van der Waals surface area contributed by atoms with Crippen LogP contribution in [0.3, 0.4) is 0 Å². The smallest absolute Gasteiger partial charge is 0.268 e. The van der Waals surface area contributed by atoms with Crippen LogP contribution < -0.4 is 25.2 Å². The highest BCUT2D eigenvalue weighted by molar-refractivity contribution is 6.40. The Morgan fingerprint density at radius 2 is 1.91 bits per heavy atom. The van der Waals surface area contributed by atoms with Gasteiger partial charge in [-0.1, -0.05) is 29.3 Å². The fraction of sp³-hybridized carbons (Fsp3) is 0.261. The van der Waals surface area contributed by atoms with Gasteiger partial charge in [0.1, 0.15) is 5.56 Å². The first-order valence-corrected chi connectivity index (χ1v) is 11.4. The molecular formula is C23H22Cl2N6O2. The van der Waals surface area contributed by atoms with Gasteiger partial charge in [-0.2, -0.15) is 4.98 Å². The fourth-order valence-electron chi connectivity index (χ4n) is 3.98. The second-order valence-corrected chi connectivity index (χ2v) is 8.78. The molecule has 2 aromatic carbocycles. The fourth-order valence-corrected chi connectivity index (χ4v) is 4.58. The summed E-state index contributed by atoms with van der Waals surface area (Å²) in [7, 11) is 0. The van der Waals surface area contributed by atoms with Gasteiger partial charge in [0.2, 0.25) is 11.8 Å². The molecule has 10 heteroatoms. The van der Waals surface area contributed by atoms with Crippen LogP contribution in [0.5, 0.6) is 5.88 Å². The molecule has 170 valence electrons. The lowest BCUT2D eigenvalue weighted by Gasteiger charge is -2.33. The number of anilines is 4. The van der Waals surface area contributed by atoms with E-state index in [2.05, 4.69) is 44.6 Å². The van der Waals surface area contributed by atoms with E-state index in [9.17, 15) is 4.79 Å². The average Bonchev–Trinajstić information content (AvgIpc) is 2.81. The Labute approximate surface area is 201 Å². The molecule has 2 aliphatic rings. The van der Waals surface area contributed by atoms with E-state index in [1.54, 1.807) is 18.2 Å². The van der Waals surface area contributed by atoms with Crippen molar-refractivity contribution in [2.45, 2.75) is 13.0 Å². The van der Waals surface area contributed by atoms with E-state index in [4.69, 9.17) is 27.9 Å². The molecule has 3 aromatic rings. The Bertz CT molecular complexity index is 1170. The first kappa shape index (κ1) is 21.8. The van der Waals surface area contributed by atoms with Crippen molar-refractivity contribution in [2.75, 3.05) is 41.5 Å². The third-order valence-electron chi connectivity index (χ3n) is 5.62. The third-order valence-corrected chi connectivity index (χ3v) is 6.23. The number of carbonyl (C=O) groups is 1. The monoisotopic (exact) mass is 484 g/mol. The lowest BCUT2D eigenvalue weighted by atomic mass is 10.2. The van der Waals surface area contributed by atoms with Gasteiger partial charge in [0.05, 0.1) is 15.7 Å². The number of hydrogen-bond acceptors (Lipinski definition) is 7.